The van der Waals surface area contributed by atoms with Gasteiger partial charge in [-0.2, -0.15) is 0 Å². The van der Waals surface area contributed by atoms with Gasteiger partial charge in [0.2, 0.25) is 0 Å². The van der Waals surface area contributed by atoms with Crippen molar-refractivity contribution in [2.24, 2.45) is 0 Å². The molecule has 7 heteroatoms. The quantitative estimate of drug-likeness (QED) is 0.895. The second-order valence-electron chi connectivity index (χ2n) is 5.17. The molecule has 0 bridgehead atoms. The maximum absolute atomic E-state index is 11.6. The number of rotatable bonds is 4. The van der Waals surface area contributed by atoms with Crippen LogP contribution in [0.1, 0.15) is 16.7 Å². The summed E-state index contributed by atoms with van der Waals surface area (Å²) in [4.78, 5) is 20.4. The van der Waals surface area contributed by atoms with Crippen LogP contribution in [0.4, 0.5) is 4.79 Å². The second-order valence-corrected chi connectivity index (χ2v) is 6.06. The molecule has 1 unspecified atom stereocenters. The zero-order valence-corrected chi connectivity index (χ0v) is 12.5. The standard InChI is InChI=1S/C13H20N4O2S/c1-10-9-20-12(15-10)11-8-19-7-6-16(11)4-5-17-3-2-14-13(17)18/h9,11H,2-8H2,1H3,(H,14,18). The molecule has 6 nitrogen and oxygen atoms in total. The monoisotopic (exact) mass is 296 g/mol. The molecule has 2 fully saturated rings. The lowest BCUT2D eigenvalue weighted by atomic mass is 10.2. The van der Waals surface area contributed by atoms with Gasteiger partial charge in [0.15, 0.2) is 0 Å². The van der Waals surface area contributed by atoms with Crippen molar-refractivity contribution in [1.29, 1.82) is 0 Å². The molecule has 2 aliphatic rings. The number of aromatic nitrogens is 1. The number of amides is 2. The molecule has 0 saturated carbocycles. The molecule has 110 valence electrons. The number of urea groups is 1. The molecular weight excluding hydrogens is 276 g/mol. The van der Waals surface area contributed by atoms with Gasteiger partial charge in [-0.3, -0.25) is 4.90 Å². The van der Waals surface area contributed by atoms with Gasteiger partial charge in [0.05, 0.1) is 19.3 Å². The van der Waals surface area contributed by atoms with Gasteiger partial charge >= 0.3 is 6.03 Å². The van der Waals surface area contributed by atoms with Crippen LogP contribution in [0.5, 0.6) is 0 Å². The van der Waals surface area contributed by atoms with Crippen molar-refractivity contribution in [3.05, 3.63) is 16.1 Å². The van der Waals surface area contributed by atoms with E-state index in [0.717, 1.165) is 50.0 Å². The summed E-state index contributed by atoms with van der Waals surface area (Å²) in [6.07, 6.45) is 0. The van der Waals surface area contributed by atoms with Crippen LogP contribution in [0, 0.1) is 6.92 Å². The fraction of sp³-hybridized carbons (Fsp3) is 0.692. The van der Waals surface area contributed by atoms with Crippen molar-refractivity contribution in [2.75, 3.05) is 45.9 Å². The summed E-state index contributed by atoms with van der Waals surface area (Å²) in [5, 5.41) is 6.04. The lowest BCUT2D eigenvalue weighted by Crippen LogP contribution is -2.44. The Morgan fingerprint density at radius 2 is 2.40 bits per heavy atom. The average Bonchev–Trinajstić information content (AvgIpc) is 3.06. The summed E-state index contributed by atoms with van der Waals surface area (Å²) in [6, 6.07) is 0.285. The highest BCUT2D eigenvalue weighted by atomic mass is 32.1. The molecule has 1 N–H and O–H groups in total. The minimum absolute atomic E-state index is 0.0555. The topological polar surface area (TPSA) is 57.7 Å². The minimum Gasteiger partial charge on any atom is -0.378 e. The highest BCUT2D eigenvalue weighted by Crippen LogP contribution is 2.26. The summed E-state index contributed by atoms with van der Waals surface area (Å²) in [7, 11) is 0. The lowest BCUT2D eigenvalue weighted by molar-refractivity contribution is -0.0103. The first-order valence-corrected chi connectivity index (χ1v) is 7.88. The van der Waals surface area contributed by atoms with Gasteiger partial charge in [-0.25, -0.2) is 9.78 Å². The van der Waals surface area contributed by atoms with E-state index in [4.69, 9.17) is 4.74 Å². The summed E-state index contributed by atoms with van der Waals surface area (Å²) < 4.78 is 5.60. The van der Waals surface area contributed by atoms with Gasteiger partial charge in [0.1, 0.15) is 5.01 Å². The van der Waals surface area contributed by atoms with E-state index in [-0.39, 0.29) is 12.1 Å². The molecule has 20 heavy (non-hydrogen) atoms. The first-order chi connectivity index (χ1) is 9.74. The number of thiazole rings is 1. The van der Waals surface area contributed by atoms with Gasteiger partial charge in [-0.05, 0) is 6.92 Å². The molecule has 0 radical (unpaired) electrons. The van der Waals surface area contributed by atoms with E-state index in [9.17, 15) is 4.79 Å². The van der Waals surface area contributed by atoms with Gasteiger partial charge < -0.3 is 15.0 Å². The van der Waals surface area contributed by atoms with E-state index in [1.165, 1.54) is 0 Å². The number of nitrogens with one attached hydrogen (secondary N) is 1. The number of carbonyl (C=O) groups is 1. The fourth-order valence-corrected chi connectivity index (χ4v) is 3.55. The van der Waals surface area contributed by atoms with Crippen molar-refractivity contribution >= 4 is 17.4 Å². The molecule has 2 amide bonds. The van der Waals surface area contributed by atoms with Gasteiger partial charge in [0, 0.05) is 43.8 Å². The maximum Gasteiger partial charge on any atom is 0.317 e. The third-order valence-electron chi connectivity index (χ3n) is 3.76. The van der Waals surface area contributed by atoms with E-state index in [2.05, 4.69) is 20.6 Å². The number of carbonyl (C=O) groups excluding carboxylic acids is 1. The Morgan fingerprint density at radius 1 is 1.50 bits per heavy atom. The van der Waals surface area contributed by atoms with Gasteiger partial charge in [-0.1, -0.05) is 0 Å². The van der Waals surface area contributed by atoms with Gasteiger partial charge in [0.25, 0.3) is 0 Å². The number of nitrogens with zero attached hydrogens (tertiary/aromatic N) is 3. The van der Waals surface area contributed by atoms with E-state index < -0.39 is 0 Å². The molecule has 0 spiro atoms. The van der Waals surface area contributed by atoms with Crippen LogP contribution in [-0.2, 0) is 4.74 Å². The molecule has 3 rings (SSSR count). The first-order valence-electron chi connectivity index (χ1n) is 7.00. The van der Waals surface area contributed by atoms with Crippen molar-refractivity contribution in [3.63, 3.8) is 0 Å². The fourth-order valence-electron chi connectivity index (χ4n) is 2.63. The highest BCUT2D eigenvalue weighted by molar-refractivity contribution is 7.09. The summed E-state index contributed by atoms with van der Waals surface area (Å²) in [5.41, 5.74) is 1.06. The van der Waals surface area contributed by atoms with Crippen LogP contribution in [0.2, 0.25) is 0 Å². The van der Waals surface area contributed by atoms with E-state index in [1.807, 2.05) is 11.8 Å². The Bertz CT molecular complexity index is 479. The average molecular weight is 296 g/mol. The highest BCUT2D eigenvalue weighted by Gasteiger charge is 2.28. The Morgan fingerprint density at radius 3 is 3.10 bits per heavy atom. The number of hydrogen-bond donors (Lipinski definition) is 1. The maximum atomic E-state index is 11.6. The van der Waals surface area contributed by atoms with Crippen molar-refractivity contribution in [3.8, 4) is 0 Å². The SMILES string of the molecule is Cc1csc(C2COCCN2CCN2CCNC2=O)n1. The van der Waals surface area contributed by atoms with Crippen LogP contribution >= 0.6 is 11.3 Å². The predicted molar refractivity (Wildman–Crippen MR) is 77.0 cm³/mol. The van der Waals surface area contributed by atoms with E-state index >= 15 is 0 Å². The Kier molecular flexibility index (Phi) is 4.18. The molecule has 1 aromatic rings. The predicted octanol–water partition coefficient (Wildman–Crippen LogP) is 0.850. The van der Waals surface area contributed by atoms with Crippen molar-refractivity contribution < 1.29 is 9.53 Å². The number of hydrogen-bond acceptors (Lipinski definition) is 5. The summed E-state index contributed by atoms with van der Waals surface area (Å²) >= 11 is 1.69. The molecule has 1 atom stereocenters. The molecule has 3 heterocycles. The van der Waals surface area contributed by atoms with Gasteiger partial charge in [-0.15, -0.1) is 11.3 Å². The molecular formula is C13H20N4O2S. The Labute approximate surface area is 122 Å². The van der Waals surface area contributed by atoms with E-state index in [0.29, 0.717) is 6.61 Å². The lowest BCUT2D eigenvalue weighted by Gasteiger charge is -2.35. The first kappa shape index (κ1) is 13.8. The number of aryl methyl sites for hydroxylation is 1. The van der Waals surface area contributed by atoms with Crippen LogP contribution in [0.25, 0.3) is 0 Å². The van der Waals surface area contributed by atoms with Crippen molar-refractivity contribution in [2.45, 2.75) is 13.0 Å². The van der Waals surface area contributed by atoms with E-state index in [1.54, 1.807) is 11.3 Å². The van der Waals surface area contributed by atoms with Crippen LogP contribution in [0.3, 0.4) is 0 Å². The Hall–Kier alpha value is -1.18. The largest absolute Gasteiger partial charge is 0.378 e. The summed E-state index contributed by atoms with van der Waals surface area (Å²) in [5.74, 6) is 0. The minimum atomic E-state index is 0.0555. The van der Waals surface area contributed by atoms with Crippen LogP contribution in [-0.4, -0.2) is 66.8 Å². The molecule has 0 aliphatic carbocycles. The van der Waals surface area contributed by atoms with Crippen molar-refractivity contribution in [1.82, 2.24) is 20.1 Å². The smallest absolute Gasteiger partial charge is 0.317 e. The normalized spacial score (nSPS) is 24.1. The zero-order valence-electron chi connectivity index (χ0n) is 11.7. The molecule has 0 aromatic carbocycles. The third kappa shape index (κ3) is 2.94. The number of ether oxygens (including phenoxy) is 1. The molecule has 1 aromatic heterocycles. The Balaban J connectivity index is 1.62. The second kappa shape index (κ2) is 6.07. The molecule has 2 saturated heterocycles. The zero-order chi connectivity index (χ0) is 13.9. The molecule has 2 aliphatic heterocycles. The third-order valence-corrected chi connectivity index (χ3v) is 4.83. The summed E-state index contributed by atoms with van der Waals surface area (Å²) in [6.45, 7) is 7.58. The van der Waals surface area contributed by atoms with Crippen LogP contribution in [0.15, 0.2) is 5.38 Å². The number of morpholine rings is 1. The van der Waals surface area contributed by atoms with Crippen LogP contribution < -0.4 is 5.32 Å².